The maximum absolute atomic E-state index is 8.50. The van der Waals surface area contributed by atoms with Gasteiger partial charge in [-0.05, 0) is 159 Å². The molecule has 0 N–H and O–H groups in total. The first-order valence-electron chi connectivity index (χ1n) is 19.4. The van der Waals surface area contributed by atoms with E-state index in [2.05, 4.69) is 94.2 Å². The molecule has 2 heteroatoms. The van der Waals surface area contributed by atoms with E-state index in [1.54, 1.807) is 38.9 Å². The van der Waals surface area contributed by atoms with E-state index in [-0.39, 0.29) is 11.8 Å². The van der Waals surface area contributed by atoms with E-state index in [1.165, 1.54) is 103 Å². The minimum atomic E-state index is 0.243. The highest BCUT2D eigenvalue weighted by Gasteiger charge is 2.43. The second kappa shape index (κ2) is 8.72. The van der Waals surface area contributed by atoms with E-state index >= 15 is 0 Å². The minimum Gasteiger partial charge on any atom is -0.309 e. The van der Waals surface area contributed by atoms with Crippen LogP contribution >= 0.6 is 0 Å². The van der Waals surface area contributed by atoms with Gasteiger partial charge in [0, 0.05) is 38.9 Å². The number of fused-ring (bicyclic) bond motifs is 10. The smallest absolute Gasteiger partial charge is 0.193 e. The van der Waals surface area contributed by atoms with E-state index in [4.69, 9.17) is 6.57 Å². The van der Waals surface area contributed by atoms with Gasteiger partial charge in [-0.2, -0.15) is 0 Å². The third kappa shape index (κ3) is 2.85. The third-order valence-electron chi connectivity index (χ3n) is 14.8. The molecule has 51 heavy (non-hydrogen) atoms. The Hall–Kier alpha value is -5.39. The van der Waals surface area contributed by atoms with Crippen LogP contribution in [0.25, 0.3) is 54.1 Å². The number of aryl methyl sites for hydroxylation is 4. The Balaban J connectivity index is 1.22. The second-order valence-corrected chi connectivity index (χ2v) is 16.6. The van der Waals surface area contributed by atoms with Crippen molar-refractivity contribution in [3.63, 3.8) is 0 Å². The highest BCUT2D eigenvalue weighted by atomic mass is 14.9. The Kier molecular flexibility index (Phi) is 4.52. The summed E-state index contributed by atoms with van der Waals surface area (Å²) in [6, 6.07) is 33.2. The predicted octanol–water partition coefficient (Wildman–Crippen LogP) is 12.0. The van der Waals surface area contributed by atoms with E-state index < -0.39 is 0 Å². The number of rotatable bonds is 0. The summed E-state index contributed by atoms with van der Waals surface area (Å²) >= 11 is 0. The normalized spacial score (nSPS) is 22.6. The van der Waals surface area contributed by atoms with Crippen LogP contribution in [-0.2, 0) is 25.7 Å². The molecule has 8 aromatic rings. The van der Waals surface area contributed by atoms with Crippen molar-refractivity contribution in [2.45, 2.75) is 75.0 Å². The highest BCUT2D eigenvalue weighted by Crippen LogP contribution is 2.61. The first-order chi connectivity index (χ1) is 25.3. The lowest BCUT2D eigenvalue weighted by atomic mass is 9.61. The Bertz CT molecular complexity index is 2950. The van der Waals surface area contributed by atoms with Gasteiger partial charge in [0.05, 0.1) is 17.6 Å². The number of nitrogens with zero attached hydrogens (tertiary/aromatic N) is 2. The van der Waals surface area contributed by atoms with Gasteiger partial charge in [-0.1, -0.05) is 66.7 Å². The van der Waals surface area contributed by atoms with Gasteiger partial charge in [-0.3, -0.25) is 0 Å². The van der Waals surface area contributed by atoms with Crippen molar-refractivity contribution >= 4 is 43.8 Å². The zero-order valence-corrected chi connectivity index (χ0v) is 28.4. The fourth-order valence-corrected chi connectivity index (χ4v) is 13.0. The fourth-order valence-electron chi connectivity index (χ4n) is 13.0. The summed E-state index contributed by atoms with van der Waals surface area (Å²) in [6.45, 7) is 8.50. The second-order valence-electron chi connectivity index (χ2n) is 16.6. The summed E-state index contributed by atoms with van der Waals surface area (Å²) in [5.74, 6) is 1.60. The van der Waals surface area contributed by atoms with E-state index in [0.717, 1.165) is 31.4 Å². The monoisotopic (exact) mass is 650 g/mol. The van der Waals surface area contributed by atoms with Crippen molar-refractivity contribution in [2.75, 3.05) is 0 Å². The van der Waals surface area contributed by atoms with Crippen molar-refractivity contribution in [3.05, 3.63) is 163 Å². The summed E-state index contributed by atoms with van der Waals surface area (Å²) in [5, 5.41) is 5.96. The largest absolute Gasteiger partial charge is 0.309 e. The molecule has 240 valence electrons. The lowest BCUT2D eigenvalue weighted by molar-refractivity contribution is 0.362. The SMILES string of the molecule is [C-]#[N+]c1cc2c(c3c1C1CCC3CC1)c1c3c4c(c5c6cc7c(cc6n2c51)C1c2ccccc2C7c2ccccc21)CCc1cccc(c1-4)CC3. The molecule has 1 fully saturated rings. The number of hydrogen-bond donors (Lipinski definition) is 0. The molecule has 0 atom stereocenters. The van der Waals surface area contributed by atoms with Crippen LogP contribution in [0.4, 0.5) is 5.69 Å². The average molecular weight is 651 g/mol. The summed E-state index contributed by atoms with van der Waals surface area (Å²) < 4.78 is 2.68. The van der Waals surface area contributed by atoms with Crippen LogP contribution in [0.3, 0.4) is 0 Å². The first-order valence-corrected chi connectivity index (χ1v) is 19.4. The Labute approximate surface area is 296 Å². The van der Waals surface area contributed by atoms with E-state index in [1.807, 2.05) is 0 Å². The van der Waals surface area contributed by atoms with Gasteiger partial charge in [0.2, 0.25) is 0 Å². The first kappa shape index (κ1) is 26.4. The van der Waals surface area contributed by atoms with Crippen LogP contribution in [0.1, 0.15) is 116 Å². The molecule has 2 aromatic heterocycles. The molecule has 6 aromatic carbocycles. The van der Waals surface area contributed by atoms with Gasteiger partial charge in [0.1, 0.15) is 0 Å². The fraction of sp³-hybridized carbons (Fsp3) is 0.245. The third-order valence-corrected chi connectivity index (χ3v) is 14.8. The molecule has 0 saturated heterocycles. The van der Waals surface area contributed by atoms with Gasteiger partial charge < -0.3 is 4.40 Å². The highest BCUT2D eigenvalue weighted by molar-refractivity contribution is 6.29. The molecule has 16 rings (SSSR count). The lowest BCUT2D eigenvalue weighted by Crippen LogP contribution is -2.27. The molecule has 0 spiro atoms. The van der Waals surface area contributed by atoms with Crippen LogP contribution < -0.4 is 0 Å². The zero-order chi connectivity index (χ0) is 32.9. The maximum Gasteiger partial charge on any atom is 0.193 e. The quantitative estimate of drug-likeness (QED) is 0.144. The molecule has 8 aliphatic carbocycles. The molecule has 8 aliphatic rings. The maximum atomic E-state index is 8.50. The number of hydrogen-bond acceptors (Lipinski definition) is 0. The van der Waals surface area contributed by atoms with Crippen molar-refractivity contribution in [1.82, 2.24) is 4.40 Å². The molecule has 4 bridgehead atoms. The standard InChI is InChI=1S/C49H34N2/c1-50-37-23-39-48(42-27-15-13-26(14-16-27)41(37)42)47-33-20-18-25-8-6-7-24-17-19-32(45(33)40(24)25)46-36-21-34-35(22-38(36)51(39)49(46)47)44-30-11-4-2-9-28(30)43(34)29-10-3-5-12-31(29)44/h2-12,21-23,26-27,43-44H,13-20H2. The molecular weight excluding hydrogens is 617 g/mol. The van der Waals surface area contributed by atoms with Crippen LogP contribution in [-0.4, -0.2) is 4.40 Å². The number of aromatic nitrogens is 1. The van der Waals surface area contributed by atoms with Crippen molar-refractivity contribution < 1.29 is 0 Å². The van der Waals surface area contributed by atoms with Crippen LogP contribution in [0.15, 0.2) is 84.9 Å². The molecule has 2 nitrogen and oxygen atoms in total. The van der Waals surface area contributed by atoms with Gasteiger partial charge in [-0.15, -0.1) is 0 Å². The minimum absolute atomic E-state index is 0.243. The van der Waals surface area contributed by atoms with Crippen LogP contribution in [0, 0.1) is 6.57 Å². The summed E-state index contributed by atoms with van der Waals surface area (Å²) in [7, 11) is 0. The molecule has 2 heterocycles. The summed E-state index contributed by atoms with van der Waals surface area (Å²) in [6.07, 6.45) is 9.46. The Morgan fingerprint density at radius 1 is 0.529 bits per heavy atom. The van der Waals surface area contributed by atoms with Crippen LogP contribution in [0.5, 0.6) is 0 Å². The lowest BCUT2D eigenvalue weighted by Gasteiger charge is -2.42. The van der Waals surface area contributed by atoms with E-state index in [9.17, 15) is 0 Å². The predicted molar refractivity (Wildman–Crippen MR) is 206 cm³/mol. The van der Waals surface area contributed by atoms with Gasteiger partial charge >= 0.3 is 0 Å². The number of benzene rings is 6. The Morgan fingerprint density at radius 2 is 1.12 bits per heavy atom. The molecule has 0 aliphatic heterocycles. The molecule has 0 amide bonds. The topological polar surface area (TPSA) is 8.77 Å². The summed E-state index contributed by atoms with van der Waals surface area (Å²) in [5.41, 5.74) is 26.3. The van der Waals surface area contributed by atoms with Gasteiger partial charge in [0.25, 0.3) is 0 Å². The molecule has 0 radical (unpaired) electrons. The Morgan fingerprint density at radius 3 is 1.75 bits per heavy atom. The summed E-state index contributed by atoms with van der Waals surface area (Å²) in [4.78, 5) is 4.32. The van der Waals surface area contributed by atoms with Crippen LogP contribution in [0.2, 0.25) is 0 Å². The van der Waals surface area contributed by atoms with E-state index in [0.29, 0.717) is 11.8 Å². The van der Waals surface area contributed by atoms with Crippen molar-refractivity contribution in [3.8, 4) is 11.1 Å². The average Bonchev–Trinajstić information content (AvgIpc) is 3.71. The molecule has 1 saturated carbocycles. The molecular formula is C49H34N2. The van der Waals surface area contributed by atoms with Crippen molar-refractivity contribution in [1.29, 1.82) is 0 Å². The van der Waals surface area contributed by atoms with Crippen molar-refractivity contribution in [2.24, 2.45) is 0 Å². The molecule has 0 unspecified atom stereocenters. The van der Waals surface area contributed by atoms with Gasteiger partial charge in [-0.25, -0.2) is 4.85 Å². The zero-order valence-electron chi connectivity index (χ0n) is 28.4. The van der Waals surface area contributed by atoms with Gasteiger partial charge in [0.15, 0.2) is 5.69 Å².